The van der Waals surface area contributed by atoms with Crippen LogP contribution in [0, 0.1) is 12.7 Å². The van der Waals surface area contributed by atoms with Crippen molar-refractivity contribution in [3.05, 3.63) is 94.1 Å². The first kappa shape index (κ1) is 21.1. The highest BCUT2D eigenvalue weighted by molar-refractivity contribution is 5.97. The molecule has 4 rings (SSSR count). The molecular formula is C25H19FO6. The van der Waals surface area contributed by atoms with E-state index < -0.39 is 5.82 Å². The van der Waals surface area contributed by atoms with E-state index in [-0.39, 0.29) is 29.3 Å². The van der Waals surface area contributed by atoms with Crippen molar-refractivity contribution in [3.63, 3.8) is 0 Å². The molecule has 0 amide bonds. The maximum atomic E-state index is 13.1. The number of aryl methyl sites for hydroxylation is 1. The van der Waals surface area contributed by atoms with Crippen LogP contribution < -0.4 is 19.6 Å². The third-order valence-corrected chi connectivity index (χ3v) is 4.80. The normalized spacial score (nSPS) is 10.7. The van der Waals surface area contributed by atoms with E-state index in [9.17, 15) is 14.0 Å². The lowest BCUT2D eigenvalue weighted by molar-refractivity contribution is 0.0921. The summed E-state index contributed by atoms with van der Waals surface area (Å²) in [5, 5.41) is 0.293. The fourth-order valence-corrected chi connectivity index (χ4v) is 3.11. The molecule has 4 aromatic rings. The maximum absolute atomic E-state index is 13.1. The molecule has 3 aromatic carbocycles. The Balaban J connectivity index is 1.53. The second-order valence-corrected chi connectivity index (χ2v) is 6.97. The molecule has 1 aromatic heterocycles. The highest BCUT2D eigenvalue weighted by atomic mass is 19.1. The zero-order valence-corrected chi connectivity index (χ0v) is 17.4. The van der Waals surface area contributed by atoms with Crippen LogP contribution in [-0.2, 0) is 0 Å². The Morgan fingerprint density at radius 3 is 2.28 bits per heavy atom. The topological polar surface area (TPSA) is 75.0 Å². The Bertz CT molecular complexity index is 1320. The van der Waals surface area contributed by atoms with Crippen molar-refractivity contribution >= 4 is 16.8 Å². The summed E-state index contributed by atoms with van der Waals surface area (Å²) >= 11 is 0. The minimum absolute atomic E-state index is 0.0208. The number of ether oxygens (including phenoxy) is 3. The second kappa shape index (κ2) is 8.93. The fraction of sp³-hybridized carbons (Fsp3) is 0.120. The number of Topliss-reactive ketones (excluding diaryl/α,β-unsaturated/α-hetero) is 1. The molecule has 0 unspecified atom stereocenters. The third kappa shape index (κ3) is 4.46. The fourth-order valence-electron chi connectivity index (χ4n) is 3.11. The van der Waals surface area contributed by atoms with Gasteiger partial charge in [-0.2, -0.15) is 0 Å². The molecule has 32 heavy (non-hydrogen) atoms. The molecule has 0 N–H and O–H groups in total. The summed E-state index contributed by atoms with van der Waals surface area (Å²) in [5.41, 5.74) is 0.429. The van der Waals surface area contributed by atoms with Crippen LogP contribution >= 0.6 is 0 Å². The Hall–Kier alpha value is -4.13. The van der Waals surface area contributed by atoms with E-state index in [1.54, 1.807) is 56.5 Å². The lowest BCUT2D eigenvalue weighted by Gasteiger charge is -2.10. The van der Waals surface area contributed by atoms with E-state index in [2.05, 4.69) is 0 Å². The Labute approximate surface area is 182 Å². The number of methoxy groups -OCH3 is 1. The Morgan fingerprint density at radius 1 is 0.938 bits per heavy atom. The van der Waals surface area contributed by atoms with Crippen molar-refractivity contribution in [2.45, 2.75) is 6.92 Å². The predicted molar refractivity (Wildman–Crippen MR) is 117 cm³/mol. The minimum Gasteiger partial charge on any atom is -0.497 e. The van der Waals surface area contributed by atoms with Crippen LogP contribution in [0.15, 0.2) is 75.9 Å². The van der Waals surface area contributed by atoms with E-state index in [4.69, 9.17) is 18.6 Å². The monoisotopic (exact) mass is 434 g/mol. The molecule has 6 nitrogen and oxygen atoms in total. The number of hydrogen-bond acceptors (Lipinski definition) is 6. The van der Waals surface area contributed by atoms with Gasteiger partial charge in [-0.1, -0.05) is 0 Å². The number of halogens is 1. The maximum Gasteiger partial charge on any atom is 0.235 e. The van der Waals surface area contributed by atoms with Gasteiger partial charge in [0.15, 0.2) is 12.4 Å². The van der Waals surface area contributed by atoms with Gasteiger partial charge in [-0.05, 0) is 67.6 Å². The molecule has 0 saturated carbocycles. The van der Waals surface area contributed by atoms with Crippen LogP contribution in [-0.4, -0.2) is 19.5 Å². The molecule has 7 heteroatoms. The molecule has 0 aliphatic heterocycles. The van der Waals surface area contributed by atoms with Gasteiger partial charge in [-0.3, -0.25) is 9.59 Å². The number of ketones is 1. The number of hydrogen-bond donors (Lipinski definition) is 0. The molecule has 1 heterocycles. The van der Waals surface area contributed by atoms with Crippen LogP contribution in [0.5, 0.6) is 23.0 Å². The summed E-state index contributed by atoms with van der Waals surface area (Å²) in [6, 6.07) is 16.7. The summed E-state index contributed by atoms with van der Waals surface area (Å²) in [7, 11) is 1.55. The van der Waals surface area contributed by atoms with E-state index >= 15 is 0 Å². The van der Waals surface area contributed by atoms with Gasteiger partial charge in [0, 0.05) is 11.6 Å². The van der Waals surface area contributed by atoms with E-state index in [1.165, 1.54) is 24.3 Å². The number of carbonyl (C=O) groups is 1. The summed E-state index contributed by atoms with van der Waals surface area (Å²) in [4.78, 5) is 25.2. The molecule has 162 valence electrons. The SMILES string of the molecule is COc1ccc(C(=O)COc2ccc3c(=O)c(Oc4ccc(F)cc4)c(C)oc3c2)cc1. The first-order chi connectivity index (χ1) is 15.4. The van der Waals surface area contributed by atoms with E-state index in [0.717, 1.165) is 0 Å². The van der Waals surface area contributed by atoms with Crippen molar-refractivity contribution in [1.82, 2.24) is 0 Å². The van der Waals surface area contributed by atoms with Gasteiger partial charge >= 0.3 is 0 Å². The smallest absolute Gasteiger partial charge is 0.235 e. The number of benzene rings is 3. The van der Waals surface area contributed by atoms with Gasteiger partial charge in [-0.25, -0.2) is 4.39 Å². The first-order valence-corrected chi connectivity index (χ1v) is 9.75. The van der Waals surface area contributed by atoms with Crippen molar-refractivity contribution in [2.24, 2.45) is 0 Å². The predicted octanol–water partition coefficient (Wildman–Crippen LogP) is 5.30. The zero-order valence-electron chi connectivity index (χ0n) is 17.4. The van der Waals surface area contributed by atoms with Crippen LogP contribution in [0.25, 0.3) is 11.0 Å². The van der Waals surface area contributed by atoms with Gasteiger partial charge < -0.3 is 18.6 Å². The molecule has 0 spiro atoms. The van der Waals surface area contributed by atoms with Crippen LogP contribution in [0.4, 0.5) is 4.39 Å². The van der Waals surface area contributed by atoms with Gasteiger partial charge in [0.25, 0.3) is 0 Å². The zero-order chi connectivity index (χ0) is 22.7. The molecular weight excluding hydrogens is 415 g/mol. The largest absolute Gasteiger partial charge is 0.497 e. The quantitative estimate of drug-likeness (QED) is 0.367. The summed E-state index contributed by atoms with van der Waals surface area (Å²) in [6.45, 7) is 1.42. The second-order valence-electron chi connectivity index (χ2n) is 6.97. The molecule has 0 aliphatic carbocycles. The standard InChI is InChI=1S/C25H19FO6/c1-15-25(32-19-9-5-17(26)6-10-19)24(28)21-12-11-20(13-23(21)31-15)30-14-22(27)16-3-7-18(29-2)8-4-16/h3-13H,14H2,1-2H3. The molecule has 0 fully saturated rings. The molecule has 0 radical (unpaired) electrons. The van der Waals surface area contributed by atoms with Crippen LogP contribution in [0.1, 0.15) is 16.1 Å². The van der Waals surface area contributed by atoms with E-state index in [1.807, 2.05) is 0 Å². The molecule has 0 aliphatic rings. The number of fused-ring (bicyclic) bond motifs is 1. The third-order valence-electron chi connectivity index (χ3n) is 4.80. The summed E-state index contributed by atoms with van der Waals surface area (Å²) < 4.78 is 35.1. The van der Waals surface area contributed by atoms with Gasteiger partial charge in [-0.15, -0.1) is 0 Å². The summed E-state index contributed by atoms with van der Waals surface area (Å²) in [5.74, 6) is 1.04. The highest BCUT2D eigenvalue weighted by Gasteiger charge is 2.15. The first-order valence-electron chi connectivity index (χ1n) is 9.75. The van der Waals surface area contributed by atoms with Crippen molar-refractivity contribution in [1.29, 1.82) is 0 Å². The number of carbonyl (C=O) groups excluding carboxylic acids is 1. The van der Waals surface area contributed by atoms with Gasteiger partial charge in [0.05, 0.1) is 12.5 Å². The molecule has 0 atom stereocenters. The van der Waals surface area contributed by atoms with Gasteiger partial charge in [0.2, 0.25) is 11.2 Å². The average Bonchev–Trinajstić information content (AvgIpc) is 2.81. The van der Waals surface area contributed by atoms with E-state index in [0.29, 0.717) is 33.8 Å². The highest BCUT2D eigenvalue weighted by Crippen LogP contribution is 2.27. The Morgan fingerprint density at radius 2 is 1.59 bits per heavy atom. The van der Waals surface area contributed by atoms with Crippen LogP contribution in [0.2, 0.25) is 0 Å². The summed E-state index contributed by atoms with van der Waals surface area (Å²) in [6.07, 6.45) is 0. The minimum atomic E-state index is -0.405. The van der Waals surface area contributed by atoms with Crippen LogP contribution in [0.3, 0.4) is 0 Å². The lowest BCUT2D eigenvalue weighted by Crippen LogP contribution is -2.12. The average molecular weight is 434 g/mol. The Kier molecular flexibility index (Phi) is 5.89. The lowest BCUT2D eigenvalue weighted by atomic mass is 10.1. The number of rotatable bonds is 7. The molecule has 0 bridgehead atoms. The van der Waals surface area contributed by atoms with Crippen molar-refractivity contribution < 1.29 is 27.8 Å². The molecule has 0 saturated heterocycles. The van der Waals surface area contributed by atoms with Crippen molar-refractivity contribution in [3.8, 4) is 23.0 Å². The van der Waals surface area contributed by atoms with Gasteiger partial charge in [0.1, 0.15) is 34.4 Å². The van der Waals surface area contributed by atoms with Crippen molar-refractivity contribution in [2.75, 3.05) is 13.7 Å².